The predicted octanol–water partition coefficient (Wildman–Crippen LogP) is 0.874. The fraction of sp³-hybridized carbons (Fsp3) is 1.00. The molecule has 2 bridgehead atoms. The van der Waals surface area contributed by atoms with E-state index in [-0.39, 0.29) is 18.8 Å². The quantitative estimate of drug-likeness (QED) is 0.705. The second kappa shape index (κ2) is 3.11. The molecule has 7 heteroatoms. The molecule has 88 valence electrons. The first-order valence-corrected chi connectivity index (χ1v) is 6.20. The normalized spacial score (nSPS) is 41.1. The second-order valence-corrected chi connectivity index (χ2v) is 5.93. The van der Waals surface area contributed by atoms with E-state index in [2.05, 4.69) is 0 Å². The van der Waals surface area contributed by atoms with E-state index >= 15 is 0 Å². The fourth-order valence-corrected chi connectivity index (χ4v) is 3.52. The van der Waals surface area contributed by atoms with Gasteiger partial charge in [0.2, 0.25) is 0 Å². The van der Waals surface area contributed by atoms with Crippen LogP contribution in [0.4, 0.5) is 8.78 Å². The Hall–Kier alpha value is -0.270. The topological polar surface area (TPSA) is 74.6 Å². The van der Waals surface area contributed by atoms with Crippen LogP contribution in [0.5, 0.6) is 0 Å². The van der Waals surface area contributed by atoms with Crippen LogP contribution < -0.4 is 0 Å². The smallest absolute Gasteiger partial charge is 0.372 e. The zero-order chi connectivity index (χ0) is 11.4. The van der Waals surface area contributed by atoms with Crippen LogP contribution in [0.15, 0.2) is 0 Å². The molecule has 0 spiro atoms. The Bertz CT molecular complexity index is 365. The Morgan fingerprint density at radius 3 is 2.07 bits per heavy atom. The second-order valence-electron chi connectivity index (χ2n) is 4.44. The van der Waals surface area contributed by atoms with E-state index in [0.717, 1.165) is 0 Å². The van der Waals surface area contributed by atoms with Gasteiger partial charge < -0.3 is 5.11 Å². The molecule has 4 unspecified atom stereocenters. The first-order valence-electron chi connectivity index (χ1n) is 4.76. The zero-order valence-electron chi connectivity index (χ0n) is 7.81. The largest absolute Gasteiger partial charge is 0.393 e. The minimum Gasteiger partial charge on any atom is -0.393 e. The van der Waals surface area contributed by atoms with Gasteiger partial charge in [0.25, 0.3) is 0 Å². The molecule has 0 amide bonds. The molecule has 0 aliphatic heterocycles. The molecular weight excluding hydrogens is 230 g/mol. The van der Waals surface area contributed by atoms with Crippen molar-refractivity contribution in [1.82, 2.24) is 0 Å². The Morgan fingerprint density at radius 1 is 1.13 bits per heavy atom. The molecule has 2 aliphatic carbocycles. The molecule has 0 aromatic heterocycles. The summed E-state index contributed by atoms with van der Waals surface area (Å²) in [6.45, 7) is 0. The standard InChI is InChI=1S/C8H12F2O4S/c9-8(10,15(12,13)14)6-2-5-1-4(6)3-7(5)11/h4-7,11H,1-3H2,(H,12,13,14). The lowest BCUT2D eigenvalue weighted by molar-refractivity contribution is -0.0252. The van der Waals surface area contributed by atoms with Crippen LogP contribution in [-0.2, 0) is 10.1 Å². The summed E-state index contributed by atoms with van der Waals surface area (Å²) < 4.78 is 56.1. The minimum atomic E-state index is -5.34. The Balaban J connectivity index is 2.22. The van der Waals surface area contributed by atoms with Gasteiger partial charge in [0.15, 0.2) is 0 Å². The third kappa shape index (κ3) is 1.57. The molecule has 15 heavy (non-hydrogen) atoms. The van der Waals surface area contributed by atoms with Gasteiger partial charge in [-0.15, -0.1) is 0 Å². The number of hydrogen-bond donors (Lipinski definition) is 2. The van der Waals surface area contributed by atoms with Crippen LogP contribution in [0.1, 0.15) is 19.3 Å². The molecule has 0 heterocycles. The van der Waals surface area contributed by atoms with Crippen molar-refractivity contribution in [2.75, 3.05) is 0 Å². The van der Waals surface area contributed by atoms with Gasteiger partial charge in [0, 0.05) is 5.92 Å². The van der Waals surface area contributed by atoms with E-state index in [1.54, 1.807) is 0 Å². The highest BCUT2D eigenvalue weighted by Crippen LogP contribution is 2.54. The average Bonchev–Trinajstić information content (AvgIpc) is 2.59. The molecule has 2 fully saturated rings. The number of rotatable bonds is 2. The third-order valence-electron chi connectivity index (χ3n) is 3.60. The van der Waals surface area contributed by atoms with E-state index < -0.39 is 33.3 Å². The van der Waals surface area contributed by atoms with Crippen molar-refractivity contribution >= 4 is 10.1 Å². The minimum absolute atomic E-state index is 0.0291. The lowest BCUT2D eigenvalue weighted by Gasteiger charge is -2.29. The molecule has 2 saturated carbocycles. The molecule has 0 saturated heterocycles. The Labute approximate surface area is 86.0 Å². The summed E-state index contributed by atoms with van der Waals surface area (Å²) in [5.74, 6) is -2.09. The lowest BCUT2D eigenvalue weighted by Crippen LogP contribution is -2.41. The SMILES string of the molecule is O=S(=O)(O)C(F)(F)C1CC2CC1CC2O. The maximum Gasteiger partial charge on any atom is 0.372 e. The summed E-state index contributed by atoms with van der Waals surface area (Å²) in [5.41, 5.74) is 0. The number of hydrogen-bond acceptors (Lipinski definition) is 3. The monoisotopic (exact) mass is 242 g/mol. The number of halogens is 2. The maximum atomic E-state index is 13.3. The van der Waals surface area contributed by atoms with Crippen LogP contribution >= 0.6 is 0 Å². The van der Waals surface area contributed by atoms with Crippen LogP contribution in [-0.4, -0.2) is 29.4 Å². The van der Waals surface area contributed by atoms with Gasteiger partial charge in [-0.3, -0.25) is 4.55 Å². The highest BCUT2D eigenvalue weighted by atomic mass is 32.2. The van der Waals surface area contributed by atoms with E-state index in [4.69, 9.17) is 4.55 Å². The highest BCUT2D eigenvalue weighted by molar-refractivity contribution is 7.86. The fourth-order valence-electron chi connectivity index (χ4n) is 2.85. The predicted molar refractivity (Wildman–Crippen MR) is 46.8 cm³/mol. The highest BCUT2D eigenvalue weighted by Gasteiger charge is 2.60. The summed E-state index contributed by atoms with van der Waals surface area (Å²) in [6, 6.07) is 0. The van der Waals surface area contributed by atoms with Crippen molar-refractivity contribution in [2.45, 2.75) is 30.6 Å². The lowest BCUT2D eigenvalue weighted by atomic mass is 9.87. The van der Waals surface area contributed by atoms with E-state index in [9.17, 15) is 22.3 Å². The Morgan fingerprint density at radius 2 is 1.73 bits per heavy atom. The number of fused-ring (bicyclic) bond motifs is 2. The zero-order valence-corrected chi connectivity index (χ0v) is 8.62. The molecule has 0 aromatic rings. The van der Waals surface area contributed by atoms with E-state index in [1.807, 2.05) is 0 Å². The molecule has 0 radical (unpaired) electrons. The van der Waals surface area contributed by atoms with Crippen molar-refractivity contribution in [1.29, 1.82) is 0 Å². The molecule has 2 aliphatic rings. The number of aliphatic hydroxyl groups is 1. The van der Waals surface area contributed by atoms with Gasteiger partial charge in [0.1, 0.15) is 0 Å². The van der Waals surface area contributed by atoms with Crippen molar-refractivity contribution in [3.05, 3.63) is 0 Å². The van der Waals surface area contributed by atoms with Crippen molar-refractivity contribution in [3.8, 4) is 0 Å². The van der Waals surface area contributed by atoms with Gasteiger partial charge >= 0.3 is 15.4 Å². The summed E-state index contributed by atoms with van der Waals surface area (Å²) in [6.07, 6.45) is 0.0131. The maximum absolute atomic E-state index is 13.3. The molecule has 0 aromatic carbocycles. The summed E-state index contributed by atoms with van der Waals surface area (Å²) in [4.78, 5) is 0. The van der Waals surface area contributed by atoms with Crippen molar-refractivity contribution < 1.29 is 26.9 Å². The molecule has 2 N–H and O–H groups in total. The number of aliphatic hydroxyl groups excluding tert-OH is 1. The van der Waals surface area contributed by atoms with Gasteiger partial charge in [-0.05, 0) is 31.1 Å². The van der Waals surface area contributed by atoms with Gasteiger partial charge in [0.05, 0.1) is 6.10 Å². The first kappa shape index (κ1) is 11.2. The summed E-state index contributed by atoms with van der Waals surface area (Å²) >= 11 is 0. The number of alkyl halides is 2. The first-order chi connectivity index (χ1) is 6.73. The van der Waals surface area contributed by atoms with E-state index in [0.29, 0.717) is 6.42 Å². The van der Waals surface area contributed by atoms with Crippen molar-refractivity contribution in [3.63, 3.8) is 0 Å². The molecule has 2 rings (SSSR count). The van der Waals surface area contributed by atoms with Crippen LogP contribution in [0.2, 0.25) is 0 Å². The van der Waals surface area contributed by atoms with Gasteiger partial charge in [-0.2, -0.15) is 17.2 Å². The average molecular weight is 242 g/mol. The van der Waals surface area contributed by atoms with Crippen LogP contribution in [0, 0.1) is 17.8 Å². The van der Waals surface area contributed by atoms with Gasteiger partial charge in [-0.1, -0.05) is 0 Å². The Kier molecular flexibility index (Phi) is 2.33. The summed E-state index contributed by atoms with van der Waals surface area (Å²) in [5, 5.41) is 5.27. The van der Waals surface area contributed by atoms with Crippen LogP contribution in [0.3, 0.4) is 0 Å². The van der Waals surface area contributed by atoms with Gasteiger partial charge in [-0.25, -0.2) is 0 Å². The molecule has 4 nitrogen and oxygen atoms in total. The van der Waals surface area contributed by atoms with Crippen LogP contribution in [0.25, 0.3) is 0 Å². The third-order valence-corrected chi connectivity index (χ3v) is 4.59. The molecule has 4 atom stereocenters. The summed E-state index contributed by atoms with van der Waals surface area (Å²) in [7, 11) is -5.34. The van der Waals surface area contributed by atoms with E-state index in [1.165, 1.54) is 0 Å². The molecular formula is C8H12F2O4S. The van der Waals surface area contributed by atoms with Crippen molar-refractivity contribution in [2.24, 2.45) is 17.8 Å².